The van der Waals surface area contributed by atoms with E-state index in [1.165, 1.54) is 7.11 Å². The molecule has 80 valence electrons. The Morgan fingerprint density at radius 1 is 1.47 bits per heavy atom. The fourth-order valence-electron chi connectivity index (χ4n) is 1.15. The van der Waals surface area contributed by atoms with Crippen molar-refractivity contribution in [3.63, 3.8) is 0 Å². The van der Waals surface area contributed by atoms with Gasteiger partial charge in [0.15, 0.2) is 0 Å². The van der Waals surface area contributed by atoms with Crippen molar-refractivity contribution in [1.82, 2.24) is 5.32 Å². The summed E-state index contributed by atoms with van der Waals surface area (Å²) in [6.45, 7) is 4.30. The summed E-state index contributed by atoms with van der Waals surface area (Å²) in [6, 6.07) is 7.85. The number of methoxy groups -OCH3 is 1. The second-order valence-electron chi connectivity index (χ2n) is 3.16. The molecule has 0 heterocycles. The average molecular weight is 205 g/mol. The number of ether oxygens (including phenoxy) is 1. The van der Waals surface area contributed by atoms with E-state index >= 15 is 0 Å². The van der Waals surface area contributed by atoms with Gasteiger partial charge in [-0.05, 0) is 11.1 Å². The third kappa shape index (κ3) is 3.95. The molecule has 0 bridgehead atoms. The molecule has 1 N–H and O–H groups in total. The second-order valence-corrected chi connectivity index (χ2v) is 3.16. The van der Waals surface area contributed by atoms with Gasteiger partial charge in [-0.2, -0.15) is 0 Å². The number of nitrogens with one attached hydrogen (secondary N) is 1. The number of carbonyl (C=O) groups excluding carboxylic acids is 1. The van der Waals surface area contributed by atoms with Crippen molar-refractivity contribution in [2.45, 2.75) is 6.54 Å². The molecular weight excluding hydrogens is 190 g/mol. The van der Waals surface area contributed by atoms with Gasteiger partial charge in [0.05, 0.1) is 0 Å². The summed E-state index contributed by atoms with van der Waals surface area (Å²) in [5.74, 6) is -0.106. The Morgan fingerprint density at radius 2 is 2.13 bits per heavy atom. The standard InChI is InChI=1S/C12H15NO2/c1-3-10-4-6-11(7-5-10)8-13-12(14)9-15-2/h3-7H,1,8-9H2,2H3,(H,13,14). The summed E-state index contributed by atoms with van der Waals surface area (Å²) in [7, 11) is 1.50. The average Bonchev–Trinajstić information content (AvgIpc) is 2.27. The van der Waals surface area contributed by atoms with Gasteiger partial charge < -0.3 is 10.1 Å². The van der Waals surface area contributed by atoms with Gasteiger partial charge in [-0.3, -0.25) is 4.79 Å². The highest BCUT2D eigenvalue weighted by molar-refractivity contribution is 5.77. The molecule has 0 aliphatic heterocycles. The zero-order valence-electron chi connectivity index (χ0n) is 8.82. The number of hydrogen-bond acceptors (Lipinski definition) is 2. The van der Waals surface area contributed by atoms with Gasteiger partial charge in [-0.1, -0.05) is 36.9 Å². The minimum Gasteiger partial charge on any atom is -0.375 e. The summed E-state index contributed by atoms with van der Waals surface area (Å²) in [5, 5.41) is 2.75. The minimum absolute atomic E-state index is 0.102. The molecule has 1 amide bonds. The first-order valence-electron chi connectivity index (χ1n) is 4.73. The molecule has 3 heteroatoms. The van der Waals surface area contributed by atoms with Crippen molar-refractivity contribution in [3.05, 3.63) is 42.0 Å². The number of benzene rings is 1. The Morgan fingerprint density at radius 3 is 2.67 bits per heavy atom. The Labute approximate surface area is 89.8 Å². The molecular formula is C12H15NO2. The predicted molar refractivity (Wildman–Crippen MR) is 60.3 cm³/mol. The van der Waals surface area contributed by atoms with Crippen LogP contribution in [0.5, 0.6) is 0 Å². The lowest BCUT2D eigenvalue weighted by Crippen LogP contribution is -2.26. The van der Waals surface area contributed by atoms with Crippen LogP contribution in [0.25, 0.3) is 6.08 Å². The van der Waals surface area contributed by atoms with Crippen LogP contribution in [0.3, 0.4) is 0 Å². The molecule has 1 aromatic rings. The van der Waals surface area contributed by atoms with Crippen LogP contribution in [-0.2, 0) is 16.1 Å². The van der Waals surface area contributed by atoms with Crippen LogP contribution in [0.1, 0.15) is 11.1 Å². The highest BCUT2D eigenvalue weighted by Gasteiger charge is 1.99. The highest BCUT2D eigenvalue weighted by atomic mass is 16.5. The predicted octanol–water partition coefficient (Wildman–Crippen LogP) is 1.59. The molecule has 0 saturated carbocycles. The van der Waals surface area contributed by atoms with Crippen molar-refractivity contribution in [2.75, 3.05) is 13.7 Å². The van der Waals surface area contributed by atoms with Crippen LogP contribution in [0, 0.1) is 0 Å². The zero-order chi connectivity index (χ0) is 11.1. The Bertz CT molecular complexity index is 330. The topological polar surface area (TPSA) is 38.3 Å². The van der Waals surface area contributed by atoms with Gasteiger partial charge >= 0.3 is 0 Å². The van der Waals surface area contributed by atoms with E-state index in [1.54, 1.807) is 6.08 Å². The molecule has 1 aromatic carbocycles. The smallest absolute Gasteiger partial charge is 0.246 e. The molecule has 0 atom stereocenters. The third-order valence-corrected chi connectivity index (χ3v) is 1.98. The number of carbonyl (C=O) groups is 1. The first-order chi connectivity index (χ1) is 7.26. The molecule has 1 rings (SSSR count). The van der Waals surface area contributed by atoms with E-state index in [-0.39, 0.29) is 12.5 Å². The first-order valence-corrected chi connectivity index (χ1v) is 4.73. The fraction of sp³-hybridized carbons (Fsp3) is 0.250. The van der Waals surface area contributed by atoms with Crippen LogP contribution in [-0.4, -0.2) is 19.6 Å². The van der Waals surface area contributed by atoms with E-state index in [9.17, 15) is 4.79 Å². The molecule has 0 fully saturated rings. The van der Waals surface area contributed by atoms with Gasteiger partial charge in [0.2, 0.25) is 5.91 Å². The molecule has 0 aromatic heterocycles. The minimum atomic E-state index is -0.106. The SMILES string of the molecule is C=Cc1ccc(CNC(=O)COC)cc1. The number of rotatable bonds is 5. The fourth-order valence-corrected chi connectivity index (χ4v) is 1.15. The Balaban J connectivity index is 2.44. The molecule has 0 radical (unpaired) electrons. The maximum atomic E-state index is 11.1. The normalized spacial score (nSPS) is 9.67. The lowest BCUT2D eigenvalue weighted by Gasteiger charge is -2.04. The Hall–Kier alpha value is -1.61. The third-order valence-electron chi connectivity index (χ3n) is 1.98. The molecule has 15 heavy (non-hydrogen) atoms. The van der Waals surface area contributed by atoms with Crippen LogP contribution in [0.2, 0.25) is 0 Å². The quantitative estimate of drug-likeness (QED) is 0.792. The van der Waals surface area contributed by atoms with E-state index in [0.717, 1.165) is 11.1 Å². The largest absolute Gasteiger partial charge is 0.375 e. The zero-order valence-corrected chi connectivity index (χ0v) is 8.82. The lowest BCUT2D eigenvalue weighted by atomic mass is 10.1. The van der Waals surface area contributed by atoms with Gasteiger partial charge in [0.1, 0.15) is 6.61 Å². The van der Waals surface area contributed by atoms with Crippen molar-refractivity contribution in [3.8, 4) is 0 Å². The van der Waals surface area contributed by atoms with Gasteiger partial charge in [-0.15, -0.1) is 0 Å². The summed E-state index contributed by atoms with van der Waals surface area (Å²) >= 11 is 0. The summed E-state index contributed by atoms with van der Waals surface area (Å²) in [6.07, 6.45) is 1.79. The molecule has 3 nitrogen and oxygen atoms in total. The van der Waals surface area contributed by atoms with Crippen molar-refractivity contribution in [2.24, 2.45) is 0 Å². The van der Waals surface area contributed by atoms with E-state index in [2.05, 4.69) is 11.9 Å². The molecule has 0 aliphatic carbocycles. The van der Waals surface area contributed by atoms with Crippen LogP contribution in [0.15, 0.2) is 30.8 Å². The van der Waals surface area contributed by atoms with Crippen molar-refractivity contribution < 1.29 is 9.53 Å². The molecule has 0 saturated heterocycles. The van der Waals surface area contributed by atoms with Gasteiger partial charge in [0.25, 0.3) is 0 Å². The highest BCUT2D eigenvalue weighted by Crippen LogP contribution is 2.04. The maximum absolute atomic E-state index is 11.1. The van der Waals surface area contributed by atoms with Gasteiger partial charge in [0, 0.05) is 13.7 Å². The van der Waals surface area contributed by atoms with Crippen molar-refractivity contribution in [1.29, 1.82) is 0 Å². The molecule has 0 aliphatic rings. The van der Waals surface area contributed by atoms with E-state index in [1.807, 2.05) is 24.3 Å². The molecule has 0 spiro atoms. The monoisotopic (exact) mass is 205 g/mol. The maximum Gasteiger partial charge on any atom is 0.246 e. The van der Waals surface area contributed by atoms with Crippen LogP contribution >= 0.6 is 0 Å². The first kappa shape index (κ1) is 11.5. The van der Waals surface area contributed by atoms with Gasteiger partial charge in [-0.25, -0.2) is 0 Å². The Kier molecular flexibility index (Phi) is 4.57. The van der Waals surface area contributed by atoms with Crippen LogP contribution < -0.4 is 5.32 Å². The van der Waals surface area contributed by atoms with E-state index in [0.29, 0.717) is 6.54 Å². The van der Waals surface area contributed by atoms with E-state index in [4.69, 9.17) is 4.74 Å². The summed E-state index contributed by atoms with van der Waals surface area (Å²) in [4.78, 5) is 11.1. The molecule has 0 unspecified atom stereocenters. The second kappa shape index (κ2) is 5.98. The number of amides is 1. The van der Waals surface area contributed by atoms with Crippen LogP contribution in [0.4, 0.5) is 0 Å². The van der Waals surface area contributed by atoms with E-state index < -0.39 is 0 Å². The summed E-state index contributed by atoms with van der Waals surface area (Å²) in [5.41, 5.74) is 2.13. The number of hydrogen-bond donors (Lipinski definition) is 1. The summed E-state index contributed by atoms with van der Waals surface area (Å²) < 4.78 is 4.70. The van der Waals surface area contributed by atoms with Crippen molar-refractivity contribution >= 4 is 12.0 Å². The lowest BCUT2D eigenvalue weighted by molar-refractivity contribution is -0.124.